The molecular formula is C13H18N2O5S. The largest absolute Gasteiger partial charge is 0.399 e. The fourth-order valence-corrected chi connectivity index (χ4v) is 2.85. The number of hydrogen-bond acceptors (Lipinski definition) is 6. The molecule has 1 saturated heterocycles. The lowest BCUT2D eigenvalue weighted by Gasteiger charge is -2.32. The highest BCUT2D eigenvalue weighted by Gasteiger charge is 2.25. The van der Waals surface area contributed by atoms with Crippen molar-refractivity contribution in [3.8, 4) is 0 Å². The topological polar surface area (TPSA) is 110 Å². The molecule has 2 rings (SSSR count). The molecule has 0 spiro atoms. The van der Waals surface area contributed by atoms with Crippen LogP contribution in [0.5, 0.6) is 0 Å². The van der Waals surface area contributed by atoms with E-state index in [2.05, 4.69) is 0 Å². The van der Waals surface area contributed by atoms with Crippen molar-refractivity contribution in [3.63, 3.8) is 0 Å². The van der Waals surface area contributed by atoms with Crippen molar-refractivity contribution < 1.29 is 23.1 Å². The SMILES string of the molecule is CS(=O)(=O)c1cc(N)cc(C(=O)N2CCOC(CO)C2)c1. The van der Waals surface area contributed by atoms with Gasteiger partial charge in [0.05, 0.1) is 24.2 Å². The normalized spacial score (nSPS) is 19.5. The quantitative estimate of drug-likeness (QED) is 0.728. The van der Waals surface area contributed by atoms with Crippen molar-refractivity contribution in [2.45, 2.75) is 11.0 Å². The highest BCUT2D eigenvalue weighted by molar-refractivity contribution is 7.90. The molecule has 1 aliphatic rings. The van der Waals surface area contributed by atoms with E-state index in [4.69, 9.17) is 15.6 Å². The predicted octanol–water partition coefficient (Wildman–Crippen LogP) is -0.494. The molecule has 1 atom stereocenters. The molecule has 7 nitrogen and oxygen atoms in total. The summed E-state index contributed by atoms with van der Waals surface area (Å²) in [7, 11) is -3.44. The van der Waals surface area contributed by atoms with Crippen molar-refractivity contribution in [1.29, 1.82) is 0 Å². The van der Waals surface area contributed by atoms with Crippen molar-refractivity contribution in [1.82, 2.24) is 4.90 Å². The van der Waals surface area contributed by atoms with Gasteiger partial charge in [0, 0.05) is 30.6 Å². The molecule has 1 heterocycles. The Morgan fingerprint density at radius 3 is 2.81 bits per heavy atom. The first-order valence-electron chi connectivity index (χ1n) is 6.43. The summed E-state index contributed by atoms with van der Waals surface area (Å²) < 4.78 is 28.5. The third-order valence-electron chi connectivity index (χ3n) is 3.23. The Morgan fingerprint density at radius 2 is 2.19 bits per heavy atom. The van der Waals surface area contributed by atoms with Crippen LogP contribution in [0.2, 0.25) is 0 Å². The van der Waals surface area contributed by atoms with E-state index in [1.807, 2.05) is 0 Å². The standard InChI is InChI=1S/C13H18N2O5S/c1-21(18,19)12-5-9(4-10(14)6-12)13(17)15-2-3-20-11(7-15)8-16/h4-6,11,16H,2-3,7-8,14H2,1H3. The summed E-state index contributed by atoms with van der Waals surface area (Å²) in [5, 5.41) is 9.09. The number of benzene rings is 1. The number of aliphatic hydroxyl groups excluding tert-OH is 1. The molecule has 3 N–H and O–H groups in total. The Kier molecular flexibility index (Phi) is 4.50. The van der Waals surface area contributed by atoms with Gasteiger partial charge < -0.3 is 20.5 Å². The third kappa shape index (κ3) is 3.72. The summed E-state index contributed by atoms with van der Waals surface area (Å²) >= 11 is 0. The molecule has 116 valence electrons. The number of nitrogens with two attached hydrogens (primary N) is 1. The fraction of sp³-hybridized carbons (Fsp3) is 0.462. The zero-order valence-electron chi connectivity index (χ0n) is 11.7. The number of rotatable bonds is 3. The third-order valence-corrected chi connectivity index (χ3v) is 4.33. The number of hydrogen-bond donors (Lipinski definition) is 2. The van der Waals surface area contributed by atoms with Crippen LogP contribution in [0.15, 0.2) is 23.1 Å². The summed E-state index contributed by atoms with van der Waals surface area (Å²) in [6.45, 7) is 0.810. The Morgan fingerprint density at radius 1 is 1.48 bits per heavy atom. The summed E-state index contributed by atoms with van der Waals surface area (Å²) in [5.74, 6) is -0.325. The maximum atomic E-state index is 12.4. The van der Waals surface area contributed by atoms with Crippen LogP contribution < -0.4 is 5.73 Å². The van der Waals surface area contributed by atoms with Crippen LogP contribution in [0, 0.1) is 0 Å². The Balaban J connectivity index is 2.29. The molecule has 0 bridgehead atoms. The molecule has 21 heavy (non-hydrogen) atoms. The number of sulfone groups is 1. The summed E-state index contributed by atoms with van der Waals surface area (Å²) in [6.07, 6.45) is 0.644. The second-order valence-electron chi connectivity index (χ2n) is 4.99. The van der Waals surface area contributed by atoms with E-state index in [-0.39, 0.29) is 35.2 Å². The van der Waals surface area contributed by atoms with E-state index in [1.54, 1.807) is 0 Å². The number of amides is 1. The number of aliphatic hydroxyl groups is 1. The molecule has 0 radical (unpaired) electrons. The second-order valence-corrected chi connectivity index (χ2v) is 7.01. The molecule has 8 heteroatoms. The molecule has 1 aromatic rings. The summed E-state index contributed by atoms with van der Waals surface area (Å²) in [4.78, 5) is 14.0. The zero-order valence-corrected chi connectivity index (χ0v) is 12.5. The van der Waals surface area contributed by atoms with Crippen molar-refractivity contribution in [2.24, 2.45) is 0 Å². The Bertz CT molecular complexity index is 644. The van der Waals surface area contributed by atoms with Crippen LogP contribution in [-0.2, 0) is 14.6 Å². The number of nitrogen functional groups attached to an aromatic ring is 1. The zero-order chi connectivity index (χ0) is 15.6. The van der Waals surface area contributed by atoms with Crippen LogP contribution in [0.3, 0.4) is 0 Å². The van der Waals surface area contributed by atoms with Gasteiger partial charge in [-0.05, 0) is 18.2 Å². The number of morpholine rings is 1. The van der Waals surface area contributed by atoms with E-state index in [0.29, 0.717) is 13.2 Å². The molecule has 0 saturated carbocycles. The van der Waals surface area contributed by atoms with Crippen LogP contribution in [0.1, 0.15) is 10.4 Å². The first-order valence-corrected chi connectivity index (χ1v) is 8.33. The van der Waals surface area contributed by atoms with Gasteiger partial charge in [-0.15, -0.1) is 0 Å². The van der Waals surface area contributed by atoms with Gasteiger partial charge in [-0.3, -0.25) is 4.79 Å². The minimum absolute atomic E-state index is 0.0119. The molecule has 1 unspecified atom stereocenters. The van der Waals surface area contributed by atoms with Gasteiger partial charge in [0.25, 0.3) is 5.91 Å². The lowest BCUT2D eigenvalue weighted by molar-refractivity contribution is -0.0447. The van der Waals surface area contributed by atoms with Crippen molar-refractivity contribution in [3.05, 3.63) is 23.8 Å². The molecular weight excluding hydrogens is 296 g/mol. The van der Waals surface area contributed by atoms with Gasteiger partial charge >= 0.3 is 0 Å². The maximum absolute atomic E-state index is 12.4. The summed E-state index contributed by atoms with van der Waals surface area (Å²) in [5.41, 5.74) is 6.11. The van der Waals surface area contributed by atoms with Gasteiger partial charge in [0.15, 0.2) is 9.84 Å². The van der Waals surface area contributed by atoms with Gasteiger partial charge in [-0.2, -0.15) is 0 Å². The molecule has 1 aromatic carbocycles. The van der Waals surface area contributed by atoms with E-state index in [9.17, 15) is 13.2 Å². The van der Waals surface area contributed by atoms with E-state index in [0.717, 1.165) is 6.26 Å². The molecule has 1 amide bonds. The molecule has 1 aliphatic heterocycles. The van der Waals surface area contributed by atoms with E-state index >= 15 is 0 Å². The highest BCUT2D eigenvalue weighted by atomic mass is 32.2. The Hall–Kier alpha value is -1.64. The van der Waals surface area contributed by atoms with Crippen LogP contribution in [0.4, 0.5) is 5.69 Å². The maximum Gasteiger partial charge on any atom is 0.254 e. The van der Waals surface area contributed by atoms with E-state index in [1.165, 1.54) is 23.1 Å². The molecule has 1 fully saturated rings. The van der Waals surface area contributed by atoms with Crippen LogP contribution in [-0.4, -0.2) is 63.0 Å². The number of carbonyl (C=O) groups is 1. The number of nitrogens with zero attached hydrogens (tertiary/aromatic N) is 1. The van der Waals surface area contributed by atoms with Crippen molar-refractivity contribution >= 4 is 21.4 Å². The van der Waals surface area contributed by atoms with Crippen LogP contribution in [0.25, 0.3) is 0 Å². The number of ether oxygens (including phenoxy) is 1. The molecule has 0 aliphatic carbocycles. The average Bonchev–Trinajstić information content (AvgIpc) is 2.45. The monoisotopic (exact) mass is 314 g/mol. The first kappa shape index (κ1) is 15.7. The van der Waals surface area contributed by atoms with Gasteiger partial charge in [0.2, 0.25) is 0 Å². The summed E-state index contributed by atoms with van der Waals surface area (Å²) in [6, 6.07) is 4.08. The lowest BCUT2D eigenvalue weighted by atomic mass is 10.1. The van der Waals surface area contributed by atoms with Crippen LogP contribution >= 0.6 is 0 Å². The molecule has 0 aromatic heterocycles. The van der Waals surface area contributed by atoms with Gasteiger partial charge in [0.1, 0.15) is 0 Å². The first-order chi connectivity index (χ1) is 9.81. The van der Waals surface area contributed by atoms with Gasteiger partial charge in [-0.1, -0.05) is 0 Å². The minimum Gasteiger partial charge on any atom is -0.399 e. The van der Waals surface area contributed by atoms with E-state index < -0.39 is 15.9 Å². The number of carbonyl (C=O) groups excluding carboxylic acids is 1. The second kappa shape index (κ2) is 6.00. The fourth-order valence-electron chi connectivity index (χ4n) is 2.16. The average molecular weight is 314 g/mol. The Labute approximate surface area is 123 Å². The van der Waals surface area contributed by atoms with Gasteiger partial charge in [-0.25, -0.2) is 8.42 Å². The highest BCUT2D eigenvalue weighted by Crippen LogP contribution is 2.19. The number of anilines is 1. The van der Waals surface area contributed by atoms with Crippen molar-refractivity contribution in [2.75, 3.05) is 38.3 Å². The predicted molar refractivity (Wildman–Crippen MR) is 76.7 cm³/mol. The smallest absolute Gasteiger partial charge is 0.254 e. The lowest BCUT2D eigenvalue weighted by Crippen LogP contribution is -2.46. The minimum atomic E-state index is -3.44.